The van der Waals surface area contributed by atoms with Gasteiger partial charge in [-0.2, -0.15) is 8.42 Å². The van der Waals surface area contributed by atoms with Crippen molar-refractivity contribution in [3.63, 3.8) is 0 Å². The molecule has 2 atom stereocenters. The van der Waals surface area contributed by atoms with Crippen molar-refractivity contribution in [2.45, 2.75) is 47.8 Å². The van der Waals surface area contributed by atoms with Crippen LogP contribution in [0.3, 0.4) is 0 Å². The van der Waals surface area contributed by atoms with Gasteiger partial charge in [-0.05, 0) is 166 Å². The molecule has 0 aliphatic heterocycles. The summed E-state index contributed by atoms with van der Waals surface area (Å²) in [5, 5.41) is 0. The maximum Gasteiger partial charge on any atom is 0.278 e. The summed E-state index contributed by atoms with van der Waals surface area (Å²) in [7, 11) is -7.58. The molecule has 2 saturated carbocycles. The van der Waals surface area contributed by atoms with E-state index in [0.717, 1.165) is 19.8 Å². The molecule has 0 radical (unpaired) electrons. The van der Waals surface area contributed by atoms with Gasteiger partial charge in [-0.15, -0.1) is 0 Å². The fraction of sp³-hybridized carbons (Fsp3) is 0.321. The lowest BCUT2D eigenvalue weighted by Gasteiger charge is -2.44. The molecule has 4 nitrogen and oxygen atoms in total. The fourth-order valence-electron chi connectivity index (χ4n) is 6.41. The van der Waals surface area contributed by atoms with Crippen LogP contribution in [-0.2, 0) is 18.5 Å². The van der Waals surface area contributed by atoms with Crippen LogP contribution in [0.4, 0.5) is 0 Å². The van der Waals surface area contributed by atoms with Crippen molar-refractivity contribution >= 4 is 170 Å². The van der Waals surface area contributed by atoms with Crippen molar-refractivity contribution < 1.29 is 16.8 Å². The Morgan fingerprint density at radius 1 is 0.698 bits per heavy atom. The highest BCUT2D eigenvalue weighted by atomic mass is 79.9. The van der Waals surface area contributed by atoms with Gasteiger partial charge in [-0.3, -0.25) is 4.79 Å². The number of benzene rings is 3. The standard InChI is InChI=1S/C28H21Br9O4S2/c1-27(2)13-3-4-28(27,23(38)5-13)12-42(39,40)41-43(24-17(32)6-14(29)7-18(24)33,25-19(34)8-15(30)9-20(25)35)26-21(36)10-16(31)11-22(26)37/h6-11,13H,3-5,12H2,1-2H3. The molecule has 2 fully saturated rings. The fourth-order valence-corrected chi connectivity index (χ4v) is 23.4. The van der Waals surface area contributed by atoms with Crippen molar-refractivity contribution in [3.8, 4) is 0 Å². The number of rotatable bonds is 7. The molecule has 2 unspecified atom stereocenters. The normalized spacial score (nSPS) is 21.9. The van der Waals surface area contributed by atoms with Gasteiger partial charge in [0.2, 0.25) is 0 Å². The van der Waals surface area contributed by atoms with E-state index in [0.29, 0.717) is 54.4 Å². The molecular weight excluding hydrogens is 1180 g/mol. The third-order valence-corrected chi connectivity index (χ3v) is 20.8. The molecule has 5 rings (SSSR count). The van der Waals surface area contributed by atoms with Gasteiger partial charge in [-0.25, -0.2) is 3.63 Å². The molecule has 43 heavy (non-hydrogen) atoms. The maximum atomic E-state index is 14.7. The van der Waals surface area contributed by atoms with Crippen LogP contribution in [0.15, 0.2) is 91.3 Å². The Hall–Kier alpha value is 1.91. The predicted molar refractivity (Wildman–Crippen MR) is 204 cm³/mol. The molecule has 0 aromatic heterocycles. The van der Waals surface area contributed by atoms with Gasteiger partial charge < -0.3 is 0 Å². The molecular formula is C28H21Br9O4S2. The van der Waals surface area contributed by atoms with E-state index in [-0.39, 0.29) is 11.7 Å². The van der Waals surface area contributed by atoms with E-state index in [9.17, 15) is 13.2 Å². The van der Waals surface area contributed by atoms with E-state index in [4.69, 9.17) is 3.63 Å². The summed E-state index contributed by atoms with van der Waals surface area (Å²) in [6, 6.07) is 11.2. The topological polar surface area (TPSA) is 60.4 Å². The van der Waals surface area contributed by atoms with E-state index in [1.165, 1.54) is 0 Å². The number of hydrogen-bond donors (Lipinski definition) is 0. The molecule has 3 aromatic rings. The van der Waals surface area contributed by atoms with Crippen LogP contribution in [-0.4, -0.2) is 20.0 Å². The highest BCUT2D eigenvalue weighted by Gasteiger charge is 2.66. The zero-order chi connectivity index (χ0) is 31.9. The highest BCUT2D eigenvalue weighted by Crippen LogP contribution is 2.78. The van der Waals surface area contributed by atoms with Crippen molar-refractivity contribution in [1.82, 2.24) is 0 Å². The number of Topliss-reactive ketones (excluding diaryl/α,β-unsaturated/α-hetero) is 1. The van der Waals surface area contributed by atoms with E-state index >= 15 is 0 Å². The Morgan fingerprint density at radius 3 is 1.33 bits per heavy atom. The van der Waals surface area contributed by atoms with E-state index in [1.807, 2.05) is 50.2 Å². The Balaban J connectivity index is 1.90. The average molecular weight is 1200 g/mol. The number of carbonyl (C=O) groups excluding carboxylic acids is 1. The van der Waals surface area contributed by atoms with E-state index in [1.54, 1.807) is 0 Å². The summed E-state index contributed by atoms with van der Waals surface area (Å²) in [5.74, 6) is -0.239. The number of carbonyl (C=O) groups is 1. The first-order valence-corrected chi connectivity index (χ1v) is 22.9. The second-order valence-corrected chi connectivity index (χ2v) is 23.2. The molecule has 3 aromatic carbocycles. The zero-order valence-electron chi connectivity index (χ0n) is 22.2. The highest BCUT2D eigenvalue weighted by molar-refractivity contribution is 9.12. The SMILES string of the molecule is CC1(C)C2CCC1(CS(=O)(=O)OS(c1c(Br)cc(Br)cc1Br)(c1c(Br)cc(Br)cc1Br)c1c(Br)cc(Br)cc1Br)C(=O)C2. The summed E-state index contributed by atoms with van der Waals surface area (Å²) < 4.78 is 42.4. The molecule has 0 spiro atoms. The number of halogens is 9. The number of fused-ring (bicyclic) bond motifs is 2. The van der Waals surface area contributed by atoms with Gasteiger partial charge in [0.05, 0.1) is 25.9 Å². The lowest BCUT2D eigenvalue weighted by molar-refractivity contribution is -0.128. The van der Waals surface area contributed by atoms with Crippen molar-refractivity contribution in [2.24, 2.45) is 16.7 Å². The lowest BCUT2D eigenvalue weighted by Crippen LogP contribution is -2.42. The zero-order valence-corrected chi connectivity index (χ0v) is 38.1. The average Bonchev–Trinajstić information content (AvgIpc) is 3.15. The van der Waals surface area contributed by atoms with Gasteiger partial charge in [0.15, 0.2) is 0 Å². The van der Waals surface area contributed by atoms with Crippen molar-refractivity contribution in [1.29, 1.82) is 0 Å². The molecule has 2 bridgehead atoms. The third-order valence-electron chi connectivity index (χ3n) is 8.52. The Kier molecular flexibility index (Phi) is 10.9. The monoisotopic (exact) mass is 1200 g/mol. The van der Waals surface area contributed by atoms with Crippen LogP contribution in [0.5, 0.6) is 0 Å². The first-order valence-electron chi connectivity index (χ1n) is 12.6. The minimum atomic E-state index is -4.39. The van der Waals surface area contributed by atoms with Crippen LogP contribution in [0.1, 0.15) is 33.1 Å². The number of ketones is 1. The number of hydrogen-bond acceptors (Lipinski definition) is 4. The minimum Gasteiger partial charge on any atom is -0.299 e. The first kappa shape index (κ1) is 36.2. The quantitative estimate of drug-likeness (QED) is 0.237. The third kappa shape index (κ3) is 6.27. The molecule has 2 aliphatic carbocycles. The molecule has 0 heterocycles. The Bertz CT molecular complexity index is 1590. The molecule has 232 valence electrons. The maximum absolute atomic E-state index is 14.7. The van der Waals surface area contributed by atoms with Crippen LogP contribution in [0.2, 0.25) is 0 Å². The minimum absolute atomic E-state index is 0.00420. The molecule has 0 amide bonds. The molecule has 0 N–H and O–H groups in total. The second kappa shape index (κ2) is 13.0. The van der Waals surface area contributed by atoms with Crippen LogP contribution >= 0.6 is 154 Å². The van der Waals surface area contributed by atoms with Gasteiger partial charge in [-0.1, -0.05) is 61.6 Å². The Morgan fingerprint density at radius 2 is 1.05 bits per heavy atom. The first-order chi connectivity index (χ1) is 19.9. The van der Waals surface area contributed by atoms with E-state index in [2.05, 4.69) is 143 Å². The van der Waals surface area contributed by atoms with Gasteiger partial charge in [0.25, 0.3) is 10.1 Å². The summed E-state index contributed by atoms with van der Waals surface area (Å²) in [5.41, 5.74) is -1.48. The van der Waals surface area contributed by atoms with Crippen LogP contribution < -0.4 is 0 Å². The summed E-state index contributed by atoms with van der Waals surface area (Å²) in [6.45, 7) is 4.05. The summed E-state index contributed by atoms with van der Waals surface area (Å²) in [6.07, 6.45) is 1.75. The van der Waals surface area contributed by atoms with Gasteiger partial charge in [0, 0.05) is 46.7 Å². The van der Waals surface area contributed by atoms with Gasteiger partial charge >= 0.3 is 0 Å². The van der Waals surface area contributed by atoms with Crippen LogP contribution in [0.25, 0.3) is 0 Å². The smallest absolute Gasteiger partial charge is 0.278 e. The Labute approximate surface area is 328 Å². The molecule has 15 heteroatoms. The molecule has 2 aliphatic rings. The summed E-state index contributed by atoms with van der Waals surface area (Å²) in [4.78, 5) is 15.3. The van der Waals surface area contributed by atoms with Crippen molar-refractivity contribution in [2.75, 3.05) is 5.75 Å². The molecule has 0 saturated heterocycles. The lowest BCUT2D eigenvalue weighted by atomic mass is 9.70. The van der Waals surface area contributed by atoms with Gasteiger partial charge in [0.1, 0.15) is 5.78 Å². The largest absolute Gasteiger partial charge is 0.299 e. The van der Waals surface area contributed by atoms with E-state index < -0.39 is 37.0 Å². The van der Waals surface area contributed by atoms with Crippen LogP contribution in [0, 0.1) is 16.7 Å². The summed E-state index contributed by atoms with van der Waals surface area (Å²) >= 11 is 33.3. The van der Waals surface area contributed by atoms with Crippen molar-refractivity contribution in [3.05, 3.63) is 76.7 Å². The predicted octanol–water partition coefficient (Wildman–Crippen LogP) is 13.5. The second-order valence-electron chi connectivity index (χ2n) is 11.1.